The Kier molecular flexibility index (Phi) is 5.36. The molecule has 1 aromatic heterocycles. The summed E-state index contributed by atoms with van der Waals surface area (Å²) in [6.07, 6.45) is 9.80. The van der Waals surface area contributed by atoms with E-state index in [2.05, 4.69) is 11.9 Å². The maximum Gasteiger partial charge on any atom is 0.326 e. The molecule has 1 saturated heterocycles. The first-order valence-corrected chi connectivity index (χ1v) is 7.63. The molecule has 1 N–H and O–H groups in total. The normalized spacial score (nSPS) is 20.2. The molecule has 2 heterocycles. The Labute approximate surface area is 124 Å². The summed E-state index contributed by atoms with van der Waals surface area (Å²) in [4.78, 5) is 29.4. The molecule has 2 rings (SSSR count). The van der Waals surface area contributed by atoms with E-state index in [1.165, 1.54) is 0 Å². The van der Waals surface area contributed by atoms with E-state index in [4.69, 9.17) is 0 Å². The third-order valence-electron chi connectivity index (χ3n) is 4.09. The number of piperidine rings is 1. The second-order valence-electron chi connectivity index (χ2n) is 5.59. The van der Waals surface area contributed by atoms with E-state index < -0.39 is 12.0 Å². The zero-order valence-electron chi connectivity index (χ0n) is 12.4. The number of nitrogens with zero attached hydrogens (tertiary/aromatic N) is 3. The maximum absolute atomic E-state index is 12.5. The summed E-state index contributed by atoms with van der Waals surface area (Å²) in [5, 5.41) is 9.27. The molecule has 1 unspecified atom stereocenters. The minimum atomic E-state index is -0.891. The summed E-state index contributed by atoms with van der Waals surface area (Å²) in [6, 6.07) is -0.599. The molecule has 1 amide bonds. The predicted molar refractivity (Wildman–Crippen MR) is 77.8 cm³/mol. The third kappa shape index (κ3) is 3.83. The largest absolute Gasteiger partial charge is 0.480 e. The van der Waals surface area contributed by atoms with E-state index in [1.54, 1.807) is 17.4 Å². The number of hydrogen-bond acceptors (Lipinski definition) is 3. The lowest BCUT2D eigenvalue weighted by Crippen LogP contribution is -2.48. The topological polar surface area (TPSA) is 75.4 Å². The number of aliphatic carboxylic acids is 1. The highest BCUT2D eigenvalue weighted by Gasteiger charge is 2.32. The molecule has 6 heteroatoms. The first kappa shape index (κ1) is 15.5. The van der Waals surface area contributed by atoms with Crippen LogP contribution in [0, 0.1) is 0 Å². The lowest BCUT2D eigenvalue weighted by molar-refractivity contribution is -0.152. The number of amides is 1. The second-order valence-corrected chi connectivity index (χ2v) is 5.59. The van der Waals surface area contributed by atoms with Gasteiger partial charge in [-0.25, -0.2) is 9.78 Å². The Morgan fingerprint density at radius 2 is 2.24 bits per heavy atom. The zero-order chi connectivity index (χ0) is 15.2. The molecule has 0 spiro atoms. The molecule has 0 bridgehead atoms. The van der Waals surface area contributed by atoms with E-state index >= 15 is 0 Å². The van der Waals surface area contributed by atoms with Gasteiger partial charge in [0.25, 0.3) is 0 Å². The highest BCUT2D eigenvalue weighted by Crippen LogP contribution is 2.23. The average molecular weight is 293 g/mol. The van der Waals surface area contributed by atoms with Crippen LogP contribution in [0.15, 0.2) is 18.7 Å². The van der Waals surface area contributed by atoms with E-state index in [0.29, 0.717) is 19.4 Å². The Morgan fingerprint density at radius 3 is 2.86 bits per heavy atom. The second kappa shape index (κ2) is 7.24. The van der Waals surface area contributed by atoms with E-state index in [0.717, 1.165) is 25.7 Å². The van der Waals surface area contributed by atoms with Gasteiger partial charge in [-0.1, -0.05) is 13.3 Å². The van der Waals surface area contributed by atoms with Gasteiger partial charge in [0.05, 0.1) is 6.33 Å². The smallest absolute Gasteiger partial charge is 0.326 e. The summed E-state index contributed by atoms with van der Waals surface area (Å²) in [6.45, 7) is 2.63. The van der Waals surface area contributed by atoms with Crippen LogP contribution in [0.5, 0.6) is 0 Å². The van der Waals surface area contributed by atoms with Crippen LogP contribution in [-0.4, -0.2) is 44.0 Å². The molecule has 1 fully saturated rings. The molecule has 21 heavy (non-hydrogen) atoms. The van der Waals surface area contributed by atoms with Crippen LogP contribution in [0.25, 0.3) is 0 Å². The van der Waals surface area contributed by atoms with E-state index in [1.807, 2.05) is 10.8 Å². The zero-order valence-corrected chi connectivity index (χ0v) is 12.4. The Morgan fingerprint density at radius 1 is 1.43 bits per heavy atom. The summed E-state index contributed by atoms with van der Waals surface area (Å²) >= 11 is 0. The molecule has 1 aliphatic rings. The van der Waals surface area contributed by atoms with Crippen molar-refractivity contribution < 1.29 is 14.7 Å². The number of carbonyl (C=O) groups is 2. The van der Waals surface area contributed by atoms with Crippen molar-refractivity contribution in [3.63, 3.8) is 0 Å². The summed E-state index contributed by atoms with van der Waals surface area (Å²) in [5.74, 6) is -0.952. The number of carbonyl (C=O) groups excluding carboxylic acids is 1. The van der Waals surface area contributed by atoms with Crippen LogP contribution in [0.3, 0.4) is 0 Å². The number of likely N-dealkylation sites (tertiary alicyclic amines) is 1. The van der Waals surface area contributed by atoms with Gasteiger partial charge in [0.15, 0.2) is 0 Å². The van der Waals surface area contributed by atoms with Crippen molar-refractivity contribution in [2.24, 2.45) is 0 Å². The molecule has 116 valence electrons. The molecule has 0 radical (unpaired) electrons. The molecule has 0 aromatic carbocycles. The molecule has 2 atom stereocenters. The fourth-order valence-electron chi connectivity index (χ4n) is 2.98. The highest BCUT2D eigenvalue weighted by molar-refractivity contribution is 5.84. The van der Waals surface area contributed by atoms with Crippen LogP contribution in [0.1, 0.15) is 51.5 Å². The van der Waals surface area contributed by atoms with Gasteiger partial charge in [-0.3, -0.25) is 4.79 Å². The van der Waals surface area contributed by atoms with Crippen molar-refractivity contribution in [3.8, 4) is 0 Å². The summed E-state index contributed by atoms with van der Waals surface area (Å²) in [7, 11) is 0. The maximum atomic E-state index is 12.5. The molecular formula is C15H23N3O3. The van der Waals surface area contributed by atoms with Crippen molar-refractivity contribution in [1.29, 1.82) is 0 Å². The quantitative estimate of drug-likeness (QED) is 0.871. The SMILES string of the molecule is CCCC(CC(=O)N1CCCC[C@@H]1C(=O)O)n1ccnc1. The fourth-order valence-corrected chi connectivity index (χ4v) is 2.98. The summed E-state index contributed by atoms with van der Waals surface area (Å²) in [5.41, 5.74) is 0. The number of rotatable bonds is 6. The average Bonchev–Trinajstić information content (AvgIpc) is 3.00. The minimum Gasteiger partial charge on any atom is -0.480 e. The minimum absolute atomic E-state index is 0.0568. The van der Waals surface area contributed by atoms with Crippen LogP contribution in [0.4, 0.5) is 0 Å². The Hall–Kier alpha value is -1.85. The highest BCUT2D eigenvalue weighted by atomic mass is 16.4. The lowest BCUT2D eigenvalue weighted by atomic mass is 10.00. The van der Waals surface area contributed by atoms with Crippen LogP contribution in [-0.2, 0) is 9.59 Å². The molecule has 1 aromatic rings. The van der Waals surface area contributed by atoms with Crippen LogP contribution in [0.2, 0.25) is 0 Å². The third-order valence-corrected chi connectivity index (χ3v) is 4.09. The van der Waals surface area contributed by atoms with Gasteiger partial charge >= 0.3 is 5.97 Å². The number of carboxylic acid groups (broad SMARTS) is 1. The van der Waals surface area contributed by atoms with Crippen molar-refractivity contribution in [1.82, 2.24) is 14.5 Å². The number of carboxylic acids is 1. The van der Waals surface area contributed by atoms with Crippen molar-refractivity contribution in [2.75, 3.05) is 6.54 Å². The van der Waals surface area contributed by atoms with Crippen LogP contribution >= 0.6 is 0 Å². The van der Waals surface area contributed by atoms with E-state index in [-0.39, 0.29) is 11.9 Å². The number of aromatic nitrogens is 2. The van der Waals surface area contributed by atoms with Gasteiger partial charge in [0.2, 0.25) is 5.91 Å². The molecular weight excluding hydrogens is 270 g/mol. The van der Waals surface area contributed by atoms with E-state index in [9.17, 15) is 14.7 Å². The first-order valence-electron chi connectivity index (χ1n) is 7.63. The van der Waals surface area contributed by atoms with Crippen molar-refractivity contribution in [2.45, 2.75) is 57.5 Å². The van der Waals surface area contributed by atoms with Gasteiger partial charge in [0, 0.05) is 31.4 Å². The Balaban J connectivity index is 2.05. The molecule has 0 aliphatic carbocycles. The fraction of sp³-hybridized carbons (Fsp3) is 0.667. The molecule has 1 aliphatic heterocycles. The molecule has 0 saturated carbocycles. The number of hydrogen-bond donors (Lipinski definition) is 1. The van der Waals surface area contributed by atoms with Gasteiger partial charge in [-0.05, 0) is 25.7 Å². The van der Waals surface area contributed by atoms with Crippen LogP contribution < -0.4 is 0 Å². The first-order chi connectivity index (χ1) is 10.1. The Bertz CT molecular complexity index is 473. The monoisotopic (exact) mass is 293 g/mol. The predicted octanol–water partition coefficient (Wildman–Crippen LogP) is 2.08. The van der Waals surface area contributed by atoms with Crippen molar-refractivity contribution >= 4 is 11.9 Å². The van der Waals surface area contributed by atoms with Gasteiger partial charge in [0.1, 0.15) is 6.04 Å². The van der Waals surface area contributed by atoms with Gasteiger partial charge in [-0.2, -0.15) is 0 Å². The number of imidazole rings is 1. The standard InChI is InChI=1S/C15H23N3O3/c1-2-5-12(17-9-7-16-11-17)10-14(19)18-8-4-3-6-13(18)15(20)21/h7,9,11-13H,2-6,8,10H2,1H3,(H,20,21)/t12?,13-/m1/s1. The van der Waals surface area contributed by atoms with Gasteiger partial charge < -0.3 is 14.6 Å². The lowest BCUT2D eigenvalue weighted by Gasteiger charge is -2.34. The van der Waals surface area contributed by atoms with Gasteiger partial charge in [-0.15, -0.1) is 0 Å². The summed E-state index contributed by atoms with van der Waals surface area (Å²) < 4.78 is 1.95. The molecule has 6 nitrogen and oxygen atoms in total. The van der Waals surface area contributed by atoms with Crippen molar-refractivity contribution in [3.05, 3.63) is 18.7 Å².